The highest BCUT2D eigenvalue weighted by molar-refractivity contribution is 5.46. The van der Waals surface area contributed by atoms with Gasteiger partial charge in [-0.1, -0.05) is 6.07 Å². The molecule has 4 nitrogen and oxygen atoms in total. The van der Waals surface area contributed by atoms with Crippen LogP contribution in [0.1, 0.15) is 31.2 Å². The third-order valence-corrected chi connectivity index (χ3v) is 4.41. The Bertz CT molecular complexity index is 476. The fraction of sp³-hybridized carbons (Fsp3) is 0.571. The Balaban J connectivity index is 1.69. The summed E-state index contributed by atoms with van der Waals surface area (Å²) in [7, 11) is 0. The van der Waals surface area contributed by atoms with E-state index in [0.717, 1.165) is 29.9 Å². The van der Waals surface area contributed by atoms with Crippen LogP contribution in [0.3, 0.4) is 0 Å². The summed E-state index contributed by atoms with van der Waals surface area (Å²) in [6.07, 6.45) is 3.95. The quantitative estimate of drug-likeness (QED) is 0.790. The summed E-state index contributed by atoms with van der Waals surface area (Å²) in [6.45, 7) is 0.282. The fourth-order valence-corrected chi connectivity index (χ4v) is 3.54. The summed E-state index contributed by atoms with van der Waals surface area (Å²) >= 11 is 0. The summed E-state index contributed by atoms with van der Waals surface area (Å²) in [4.78, 5) is 0. The van der Waals surface area contributed by atoms with E-state index < -0.39 is 5.60 Å². The summed E-state index contributed by atoms with van der Waals surface area (Å²) in [5.74, 6) is 1.53. The van der Waals surface area contributed by atoms with Crippen LogP contribution in [0.2, 0.25) is 0 Å². The second-order valence-corrected chi connectivity index (χ2v) is 5.65. The molecule has 3 aliphatic rings. The number of hydrogen-bond acceptors (Lipinski definition) is 4. The minimum atomic E-state index is -0.710. The van der Waals surface area contributed by atoms with Crippen molar-refractivity contribution >= 4 is 0 Å². The molecule has 0 saturated carbocycles. The Morgan fingerprint density at radius 2 is 1.83 bits per heavy atom. The highest BCUT2D eigenvalue weighted by Gasteiger charge is 2.43. The lowest BCUT2D eigenvalue weighted by molar-refractivity contribution is -0.0116. The molecule has 2 fully saturated rings. The topological polar surface area (TPSA) is 50.7 Å². The van der Waals surface area contributed by atoms with Gasteiger partial charge in [0.1, 0.15) is 0 Å². The molecule has 1 aromatic carbocycles. The van der Waals surface area contributed by atoms with Gasteiger partial charge in [-0.2, -0.15) is 0 Å². The van der Waals surface area contributed by atoms with Gasteiger partial charge in [0.05, 0.1) is 5.60 Å². The van der Waals surface area contributed by atoms with Gasteiger partial charge in [-0.25, -0.2) is 0 Å². The summed E-state index contributed by atoms with van der Waals surface area (Å²) in [5.41, 5.74) is 0.253. The Kier molecular flexibility index (Phi) is 2.14. The monoisotopic (exact) mass is 247 g/mol. The largest absolute Gasteiger partial charge is 0.454 e. The van der Waals surface area contributed by atoms with Gasteiger partial charge in [0, 0.05) is 12.1 Å². The first-order valence-electron chi connectivity index (χ1n) is 6.61. The molecule has 2 saturated heterocycles. The maximum absolute atomic E-state index is 10.9. The minimum Gasteiger partial charge on any atom is -0.454 e. The van der Waals surface area contributed by atoms with E-state index in [1.54, 1.807) is 0 Å². The van der Waals surface area contributed by atoms with E-state index in [2.05, 4.69) is 5.32 Å². The summed E-state index contributed by atoms with van der Waals surface area (Å²) in [6, 6.07) is 6.73. The average Bonchev–Trinajstić information content (AvgIpc) is 2.95. The van der Waals surface area contributed by atoms with Crippen molar-refractivity contribution in [1.29, 1.82) is 0 Å². The Labute approximate surface area is 106 Å². The molecule has 96 valence electrons. The van der Waals surface area contributed by atoms with Crippen molar-refractivity contribution < 1.29 is 14.6 Å². The van der Waals surface area contributed by atoms with Crippen molar-refractivity contribution in [2.24, 2.45) is 0 Å². The van der Waals surface area contributed by atoms with Gasteiger partial charge in [-0.05, 0) is 43.4 Å². The molecule has 1 aromatic rings. The van der Waals surface area contributed by atoms with Crippen LogP contribution >= 0.6 is 0 Å². The van der Waals surface area contributed by atoms with Crippen molar-refractivity contribution in [2.75, 3.05) is 6.79 Å². The third-order valence-electron chi connectivity index (χ3n) is 4.41. The number of ether oxygens (including phenoxy) is 2. The molecule has 0 spiro atoms. The first-order chi connectivity index (χ1) is 8.73. The average molecular weight is 247 g/mol. The van der Waals surface area contributed by atoms with Gasteiger partial charge < -0.3 is 19.9 Å². The number of aliphatic hydroxyl groups is 1. The first kappa shape index (κ1) is 10.6. The highest BCUT2D eigenvalue weighted by atomic mass is 16.7. The second-order valence-electron chi connectivity index (χ2n) is 5.65. The maximum atomic E-state index is 10.9. The fourth-order valence-electron chi connectivity index (χ4n) is 3.54. The van der Waals surface area contributed by atoms with Crippen LogP contribution in [0.25, 0.3) is 0 Å². The zero-order valence-corrected chi connectivity index (χ0v) is 10.2. The predicted octanol–water partition coefficient (Wildman–Crippen LogP) is 1.52. The molecular weight excluding hydrogens is 230 g/mol. The molecule has 3 heterocycles. The molecule has 0 aliphatic carbocycles. The van der Waals surface area contributed by atoms with Crippen molar-refractivity contribution in [2.45, 2.75) is 43.4 Å². The van der Waals surface area contributed by atoms with Crippen LogP contribution in [0.4, 0.5) is 0 Å². The van der Waals surface area contributed by atoms with Gasteiger partial charge in [-0.3, -0.25) is 0 Å². The molecule has 0 aromatic heterocycles. The van der Waals surface area contributed by atoms with E-state index in [1.165, 1.54) is 12.8 Å². The van der Waals surface area contributed by atoms with E-state index in [9.17, 15) is 5.11 Å². The number of benzene rings is 1. The van der Waals surface area contributed by atoms with Crippen LogP contribution in [0, 0.1) is 0 Å². The van der Waals surface area contributed by atoms with Crippen LogP contribution in [0.15, 0.2) is 18.2 Å². The summed E-state index contributed by atoms with van der Waals surface area (Å²) in [5, 5.41) is 14.5. The van der Waals surface area contributed by atoms with Crippen LogP contribution in [0.5, 0.6) is 11.5 Å². The van der Waals surface area contributed by atoms with Crippen molar-refractivity contribution in [1.82, 2.24) is 5.32 Å². The molecule has 0 radical (unpaired) electrons. The number of nitrogens with one attached hydrogen (secondary N) is 1. The number of hydrogen-bond donors (Lipinski definition) is 2. The van der Waals surface area contributed by atoms with E-state index in [1.807, 2.05) is 18.2 Å². The molecule has 0 amide bonds. The van der Waals surface area contributed by atoms with E-state index >= 15 is 0 Å². The molecule has 2 N–H and O–H groups in total. The molecule has 2 atom stereocenters. The number of piperidine rings is 1. The van der Waals surface area contributed by atoms with E-state index in [4.69, 9.17) is 9.47 Å². The number of rotatable bonds is 1. The predicted molar refractivity (Wildman–Crippen MR) is 65.6 cm³/mol. The van der Waals surface area contributed by atoms with Gasteiger partial charge in [0.2, 0.25) is 6.79 Å². The zero-order chi connectivity index (χ0) is 12.2. The lowest BCUT2D eigenvalue weighted by Gasteiger charge is -2.37. The van der Waals surface area contributed by atoms with Gasteiger partial charge in [0.25, 0.3) is 0 Å². The van der Waals surface area contributed by atoms with Crippen molar-refractivity contribution in [3.05, 3.63) is 23.8 Å². The highest BCUT2D eigenvalue weighted by Crippen LogP contribution is 2.43. The lowest BCUT2D eigenvalue weighted by atomic mass is 9.81. The molecule has 2 bridgehead atoms. The van der Waals surface area contributed by atoms with Crippen molar-refractivity contribution in [3.63, 3.8) is 0 Å². The minimum absolute atomic E-state index is 0.282. The van der Waals surface area contributed by atoms with Crippen molar-refractivity contribution in [3.8, 4) is 11.5 Å². The maximum Gasteiger partial charge on any atom is 0.231 e. The van der Waals surface area contributed by atoms with Crippen LogP contribution in [-0.2, 0) is 5.60 Å². The molecule has 3 aliphatic heterocycles. The van der Waals surface area contributed by atoms with Crippen LogP contribution in [-0.4, -0.2) is 24.0 Å². The van der Waals surface area contributed by atoms with Gasteiger partial charge >= 0.3 is 0 Å². The normalized spacial score (nSPS) is 36.9. The van der Waals surface area contributed by atoms with Gasteiger partial charge in [-0.15, -0.1) is 0 Å². The SMILES string of the molecule is OC1(c2ccc3c(c2)OCO3)C[C@@H]2CC[C@@H](C1)N2. The molecule has 4 rings (SSSR count). The van der Waals surface area contributed by atoms with Gasteiger partial charge in [0.15, 0.2) is 11.5 Å². The van der Waals surface area contributed by atoms with Crippen LogP contribution < -0.4 is 14.8 Å². The zero-order valence-electron chi connectivity index (χ0n) is 10.2. The molecule has 4 heteroatoms. The standard InChI is InChI=1S/C14H17NO3/c16-14(6-10-2-3-11(7-14)15-10)9-1-4-12-13(5-9)18-8-17-12/h1,4-5,10-11,15-16H,2-3,6-8H2/t10-,11-/m0/s1. The summed E-state index contributed by atoms with van der Waals surface area (Å²) < 4.78 is 10.7. The molecular formula is C14H17NO3. The first-order valence-corrected chi connectivity index (χ1v) is 6.61. The van der Waals surface area contributed by atoms with E-state index in [-0.39, 0.29) is 6.79 Å². The smallest absolute Gasteiger partial charge is 0.231 e. The second kappa shape index (κ2) is 3.62. The Morgan fingerprint density at radius 3 is 2.61 bits per heavy atom. The lowest BCUT2D eigenvalue weighted by Crippen LogP contribution is -2.46. The molecule has 0 unspecified atom stereocenters. The Morgan fingerprint density at radius 1 is 1.11 bits per heavy atom. The number of fused-ring (bicyclic) bond motifs is 3. The third kappa shape index (κ3) is 1.52. The Hall–Kier alpha value is -1.26. The van der Waals surface area contributed by atoms with E-state index in [0.29, 0.717) is 12.1 Å². The molecule has 18 heavy (non-hydrogen) atoms.